The van der Waals surface area contributed by atoms with Crippen LogP contribution in [-0.4, -0.2) is 36.1 Å². The molecule has 2 aliphatic rings. The quantitative estimate of drug-likeness (QED) is 0.597. The molecule has 2 rings (SSSR count). The Hall–Kier alpha value is -0.570. The van der Waals surface area contributed by atoms with Gasteiger partial charge < -0.3 is 4.74 Å². The van der Waals surface area contributed by atoms with Gasteiger partial charge in [0.05, 0.1) is 0 Å². The molecular formula is C11H19NO2. The van der Waals surface area contributed by atoms with Crippen LogP contribution in [0.5, 0.6) is 0 Å². The van der Waals surface area contributed by atoms with Crippen molar-refractivity contribution in [2.24, 2.45) is 0 Å². The number of rotatable bonds is 1. The molecule has 0 spiro atoms. The number of carbonyl (C=O) groups excluding carboxylic acids is 1. The number of hydrogen-bond acceptors (Lipinski definition) is 3. The zero-order valence-electron chi connectivity index (χ0n) is 8.87. The minimum atomic E-state index is -0.123. The van der Waals surface area contributed by atoms with Crippen LogP contribution < -0.4 is 0 Å². The van der Waals surface area contributed by atoms with Gasteiger partial charge in [-0.05, 0) is 38.8 Å². The molecule has 0 bridgehead atoms. The summed E-state index contributed by atoms with van der Waals surface area (Å²) in [5.41, 5.74) is 0. The Morgan fingerprint density at radius 3 is 2.79 bits per heavy atom. The van der Waals surface area contributed by atoms with Gasteiger partial charge in [0.2, 0.25) is 0 Å². The average molecular weight is 197 g/mol. The largest absolute Gasteiger partial charge is 0.461 e. The van der Waals surface area contributed by atoms with E-state index in [1.165, 1.54) is 45.7 Å². The van der Waals surface area contributed by atoms with E-state index >= 15 is 0 Å². The Morgan fingerprint density at radius 1 is 1.21 bits per heavy atom. The van der Waals surface area contributed by atoms with Gasteiger partial charge in [0.25, 0.3) is 0 Å². The number of esters is 1. The summed E-state index contributed by atoms with van der Waals surface area (Å²) < 4.78 is 5.38. The van der Waals surface area contributed by atoms with E-state index in [-0.39, 0.29) is 12.1 Å². The normalized spacial score (nSPS) is 33.5. The molecule has 0 N–H and O–H groups in total. The van der Waals surface area contributed by atoms with E-state index in [0.29, 0.717) is 6.04 Å². The van der Waals surface area contributed by atoms with Gasteiger partial charge in [0.15, 0.2) is 0 Å². The molecule has 2 fully saturated rings. The van der Waals surface area contributed by atoms with Crippen molar-refractivity contribution in [3.63, 3.8) is 0 Å². The first-order valence-corrected chi connectivity index (χ1v) is 5.68. The van der Waals surface area contributed by atoms with E-state index in [1.54, 1.807) is 0 Å². The SMILES string of the molecule is CC(=O)OC1CCCN2CCCCC12. The standard InChI is InChI=1S/C11H19NO2/c1-9(13)14-11-6-4-8-12-7-3-2-5-10(11)12/h10-11H,2-8H2,1H3. The predicted octanol–water partition coefficient (Wildman–Crippen LogP) is 1.57. The highest BCUT2D eigenvalue weighted by Gasteiger charge is 2.34. The van der Waals surface area contributed by atoms with Gasteiger partial charge in [-0.15, -0.1) is 0 Å². The molecule has 2 saturated heterocycles. The molecule has 0 aromatic rings. The first-order valence-electron chi connectivity index (χ1n) is 5.68. The molecule has 0 amide bonds. The molecule has 0 aromatic heterocycles. The van der Waals surface area contributed by atoms with E-state index in [9.17, 15) is 4.79 Å². The van der Waals surface area contributed by atoms with Gasteiger partial charge in [0.1, 0.15) is 6.10 Å². The second-order valence-electron chi connectivity index (χ2n) is 4.39. The summed E-state index contributed by atoms with van der Waals surface area (Å²) in [5, 5.41) is 0. The highest BCUT2D eigenvalue weighted by molar-refractivity contribution is 5.66. The maximum absolute atomic E-state index is 10.9. The average Bonchev–Trinajstić information content (AvgIpc) is 2.18. The number of hydrogen-bond donors (Lipinski definition) is 0. The van der Waals surface area contributed by atoms with Crippen LogP contribution in [0, 0.1) is 0 Å². The zero-order valence-corrected chi connectivity index (χ0v) is 8.87. The summed E-state index contributed by atoms with van der Waals surface area (Å²) in [6.07, 6.45) is 6.21. The maximum atomic E-state index is 10.9. The van der Waals surface area contributed by atoms with Crippen molar-refractivity contribution in [3.05, 3.63) is 0 Å². The summed E-state index contributed by atoms with van der Waals surface area (Å²) in [7, 11) is 0. The Balaban J connectivity index is 1.97. The van der Waals surface area contributed by atoms with Gasteiger partial charge in [-0.25, -0.2) is 0 Å². The van der Waals surface area contributed by atoms with Crippen molar-refractivity contribution in [3.8, 4) is 0 Å². The van der Waals surface area contributed by atoms with Crippen molar-refractivity contribution >= 4 is 5.97 Å². The van der Waals surface area contributed by atoms with Gasteiger partial charge >= 0.3 is 5.97 Å². The zero-order chi connectivity index (χ0) is 9.97. The summed E-state index contributed by atoms with van der Waals surface area (Å²) in [5.74, 6) is -0.123. The molecule has 2 heterocycles. The number of nitrogens with zero attached hydrogens (tertiary/aromatic N) is 1. The molecular weight excluding hydrogens is 178 g/mol. The summed E-state index contributed by atoms with van der Waals surface area (Å²) in [6.45, 7) is 3.91. The molecule has 14 heavy (non-hydrogen) atoms. The van der Waals surface area contributed by atoms with Crippen molar-refractivity contribution in [2.75, 3.05) is 13.1 Å². The smallest absolute Gasteiger partial charge is 0.302 e. The highest BCUT2D eigenvalue weighted by Crippen LogP contribution is 2.28. The van der Waals surface area contributed by atoms with E-state index in [1.807, 2.05) is 0 Å². The first kappa shape index (κ1) is 9.97. The van der Waals surface area contributed by atoms with Crippen LogP contribution in [0.2, 0.25) is 0 Å². The van der Waals surface area contributed by atoms with Crippen LogP contribution in [0.1, 0.15) is 39.0 Å². The Labute approximate surface area is 85.4 Å². The van der Waals surface area contributed by atoms with Crippen LogP contribution in [0.3, 0.4) is 0 Å². The van der Waals surface area contributed by atoms with Gasteiger partial charge in [-0.3, -0.25) is 9.69 Å². The summed E-state index contributed by atoms with van der Waals surface area (Å²) >= 11 is 0. The number of ether oxygens (including phenoxy) is 1. The molecule has 0 saturated carbocycles. The highest BCUT2D eigenvalue weighted by atomic mass is 16.5. The Kier molecular flexibility index (Phi) is 3.06. The molecule has 0 radical (unpaired) electrons. The van der Waals surface area contributed by atoms with Crippen LogP contribution >= 0.6 is 0 Å². The van der Waals surface area contributed by atoms with Crippen LogP contribution in [0.25, 0.3) is 0 Å². The summed E-state index contributed by atoms with van der Waals surface area (Å²) in [4.78, 5) is 13.4. The molecule has 2 atom stereocenters. The number of carbonyl (C=O) groups is 1. The van der Waals surface area contributed by atoms with Crippen LogP contribution in [-0.2, 0) is 9.53 Å². The minimum Gasteiger partial charge on any atom is -0.461 e. The molecule has 0 aliphatic carbocycles. The molecule has 2 aliphatic heterocycles. The van der Waals surface area contributed by atoms with Gasteiger partial charge in [0, 0.05) is 13.0 Å². The fourth-order valence-electron chi connectivity index (χ4n) is 2.75. The Bertz CT molecular complexity index is 215. The molecule has 3 nitrogen and oxygen atoms in total. The topological polar surface area (TPSA) is 29.5 Å². The van der Waals surface area contributed by atoms with Crippen LogP contribution in [0.4, 0.5) is 0 Å². The third kappa shape index (κ3) is 2.08. The van der Waals surface area contributed by atoms with E-state index < -0.39 is 0 Å². The fraction of sp³-hybridized carbons (Fsp3) is 0.909. The van der Waals surface area contributed by atoms with Crippen LogP contribution in [0.15, 0.2) is 0 Å². The lowest BCUT2D eigenvalue weighted by Gasteiger charge is -2.43. The lowest BCUT2D eigenvalue weighted by Crippen LogP contribution is -2.51. The third-order valence-electron chi connectivity index (χ3n) is 3.34. The summed E-state index contributed by atoms with van der Waals surface area (Å²) in [6, 6.07) is 0.515. The third-order valence-corrected chi connectivity index (χ3v) is 3.34. The maximum Gasteiger partial charge on any atom is 0.302 e. The Morgan fingerprint density at radius 2 is 2.00 bits per heavy atom. The van der Waals surface area contributed by atoms with Crippen molar-refractivity contribution < 1.29 is 9.53 Å². The first-order chi connectivity index (χ1) is 6.77. The monoisotopic (exact) mass is 197 g/mol. The lowest BCUT2D eigenvalue weighted by molar-refractivity contribution is -0.153. The molecule has 3 heteroatoms. The number of fused-ring (bicyclic) bond motifs is 1. The fourth-order valence-corrected chi connectivity index (χ4v) is 2.75. The van der Waals surface area contributed by atoms with E-state index in [2.05, 4.69) is 4.90 Å². The van der Waals surface area contributed by atoms with Gasteiger partial charge in [-0.1, -0.05) is 6.42 Å². The second-order valence-corrected chi connectivity index (χ2v) is 4.39. The van der Waals surface area contributed by atoms with Gasteiger partial charge in [-0.2, -0.15) is 0 Å². The van der Waals surface area contributed by atoms with E-state index in [0.717, 1.165) is 6.42 Å². The molecule has 2 unspecified atom stereocenters. The van der Waals surface area contributed by atoms with Crippen molar-refractivity contribution in [2.45, 2.75) is 51.2 Å². The lowest BCUT2D eigenvalue weighted by atomic mass is 9.91. The minimum absolute atomic E-state index is 0.123. The molecule has 0 aromatic carbocycles. The van der Waals surface area contributed by atoms with E-state index in [4.69, 9.17) is 4.74 Å². The predicted molar refractivity (Wildman–Crippen MR) is 54.0 cm³/mol. The second kappa shape index (κ2) is 4.30. The van der Waals surface area contributed by atoms with Crippen molar-refractivity contribution in [1.29, 1.82) is 0 Å². The van der Waals surface area contributed by atoms with Crippen molar-refractivity contribution in [1.82, 2.24) is 4.90 Å². The number of piperidine rings is 2. The molecule has 80 valence electrons.